The number of benzene rings is 2. The molecular weight excluding hydrogens is 297 g/mol. The zero-order valence-corrected chi connectivity index (χ0v) is 12.0. The van der Waals surface area contributed by atoms with Gasteiger partial charge in [-0.3, -0.25) is 0 Å². The number of carbonyl (C=O) groups is 1. The SMILES string of the molecule is COC(=O)c1c(N)cccc1OCc1ccc(F)c(Cl)c1. The maximum Gasteiger partial charge on any atom is 0.343 e. The van der Waals surface area contributed by atoms with E-state index in [1.807, 2.05) is 0 Å². The third kappa shape index (κ3) is 3.44. The highest BCUT2D eigenvalue weighted by Crippen LogP contribution is 2.26. The van der Waals surface area contributed by atoms with Gasteiger partial charge in [-0.15, -0.1) is 0 Å². The minimum absolute atomic E-state index is 0.0110. The molecule has 4 nitrogen and oxygen atoms in total. The predicted molar refractivity (Wildman–Crippen MR) is 77.9 cm³/mol. The molecule has 0 atom stereocenters. The topological polar surface area (TPSA) is 61.5 Å². The number of halogens is 2. The number of carbonyl (C=O) groups excluding carboxylic acids is 1. The summed E-state index contributed by atoms with van der Waals surface area (Å²) in [6.07, 6.45) is 0. The van der Waals surface area contributed by atoms with Crippen molar-refractivity contribution in [1.82, 2.24) is 0 Å². The number of hydrogen-bond acceptors (Lipinski definition) is 4. The van der Waals surface area contributed by atoms with Crippen molar-refractivity contribution in [2.75, 3.05) is 12.8 Å². The van der Waals surface area contributed by atoms with Gasteiger partial charge in [0.05, 0.1) is 12.1 Å². The van der Waals surface area contributed by atoms with Crippen molar-refractivity contribution in [3.05, 3.63) is 58.4 Å². The highest BCUT2D eigenvalue weighted by Gasteiger charge is 2.16. The largest absolute Gasteiger partial charge is 0.488 e. The quantitative estimate of drug-likeness (QED) is 0.694. The van der Waals surface area contributed by atoms with E-state index in [9.17, 15) is 9.18 Å². The van der Waals surface area contributed by atoms with Crippen LogP contribution >= 0.6 is 11.6 Å². The zero-order valence-electron chi connectivity index (χ0n) is 11.2. The van der Waals surface area contributed by atoms with Crippen LogP contribution in [0.15, 0.2) is 36.4 Å². The van der Waals surface area contributed by atoms with Crippen LogP contribution in [-0.2, 0) is 11.3 Å². The summed E-state index contributed by atoms with van der Waals surface area (Å²) in [7, 11) is 1.26. The van der Waals surface area contributed by atoms with E-state index >= 15 is 0 Å². The lowest BCUT2D eigenvalue weighted by Crippen LogP contribution is -2.09. The van der Waals surface area contributed by atoms with Gasteiger partial charge in [-0.1, -0.05) is 23.7 Å². The molecule has 6 heteroatoms. The summed E-state index contributed by atoms with van der Waals surface area (Å²) >= 11 is 5.70. The number of anilines is 1. The maximum atomic E-state index is 13.1. The Balaban J connectivity index is 2.22. The van der Waals surface area contributed by atoms with Gasteiger partial charge in [-0.05, 0) is 29.8 Å². The first-order valence-electron chi connectivity index (χ1n) is 6.06. The van der Waals surface area contributed by atoms with Crippen LogP contribution in [0, 0.1) is 5.82 Å². The van der Waals surface area contributed by atoms with Crippen LogP contribution in [0.1, 0.15) is 15.9 Å². The molecule has 0 aliphatic heterocycles. The molecule has 0 aliphatic carbocycles. The summed E-state index contributed by atoms with van der Waals surface area (Å²) in [5.41, 5.74) is 6.85. The van der Waals surface area contributed by atoms with Crippen LogP contribution in [0.3, 0.4) is 0 Å². The second kappa shape index (κ2) is 6.45. The fourth-order valence-electron chi connectivity index (χ4n) is 1.78. The second-order valence-electron chi connectivity index (χ2n) is 4.25. The molecule has 0 fully saturated rings. The minimum atomic E-state index is -0.583. The molecule has 2 aromatic carbocycles. The molecule has 0 aliphatic rings. The molecule has 110 valence electrons. The number of nitrogens with two attached hydrogens (primary N) is 1. The molecule has 0 radical (unpaired) electrons. The van der Waals surface area contributed by atoms with Gasteiger partial charge in [-0.25, -0.2) is 9.18 Å². The lowest BCUT2D eigenvalue weighted by Gasteiger charge is -2.12. The molecule has 21 heavy (non-hydrogen) atoms. The van der Waals surface area contributed by atoms with E-state index in [4.69, 9.17) is 22.1 Å². The molecule has 0 unspecified atom stereocenters. The molecule has 0 bridgehead atoms. The van der Waals surface area contributed by atoms with E-state index in [1.165, 1.54) is 19.2 Å². The lowest BCUT2D eigenvalue weighted by molar-refractivity contribution is 0.0597. The van der Waals surface area contributed by atoms with Gasteiger partial charge in [0.1, 0.15) is 23.7 Å². The number of ether oxygens (including phenoxy) is 2. The Hall–Kier alpha value is -2.27. The average molecular weight is 310 g/mol. The first-order valence-corrected chi connectivity index (χ1v) is 6.44. The highest BCUT2D eigenvalue weighted by atomic mass is 35.5. The van der Waals surface area contributed by atoms with Gasteiger partial charge >= 0.3 is 5.97 Å². The number of hydrogen-bond donors (Lipinski definition) is 1. The molecule has 0 saturated heterocycles. The fourth-order valence-corrected chi connectivity index (χ4v) is 1.98. The smallest absolute Gasteiger partial charge is 0.343 e. The summed E-state index contributed by atoms with van der Waals surface area (Å²) in [5, 5.41) is 0.0110. The minimum Gasteiger partial charge on any atom is -0.488 e. The van der Waals surface area contributed by atoms with E-state index in [0.29, 0.717) is 11.3 Å². The van der Waals surface area contributed by atoms with Crippen molar-refractivity contribution in [3.63, 3.8) is 0 Å². The Morgan fingerprint density at radius 3 is 2.76 bits per heavy atom. The monoisotopic (exact) mass is 309 g/mol. The Bertz CT molecular complexity index is 676. The highest BCUT2D eigenvalue weighted by molar-refractivity contribution is 6.30. The Kier molecular flexibility index (Phi) is 4.65. The molecule has 2 N–H and O–H groups in total. The van der Waals surface area contributed by atoms with Gasteiger partial charge in [0.15, 0.2) is 0 Å². The van der Waals surface area contributed by atoms with Gasteiger partial charge in [0, 0.05) is 5.69 Å². The molecule has 0 amide bonds. The van der Waals surface area contributed by atoms with Crippen LogP contribution in [0.5, 0.6) is 5.75 Å². The molecule has 0 saturated carbocycles. The second-order valence-corrected chi connectivity index (χ2v) is 4.66. The van der Waals surface area contributed by atoms with Gasteiger partial charge in [0.25, 0.3) is 0 Å². The van der Waals surface area contributed by atoms with Crippen LogP contribution in [-0.4, -0.2) is 13.1 Å². The molecule has 2 rings (SSSR count). The summed E-state index contributed by atoms with van der Waals surface area (Å²) in [6, 6.07) is 9.10. The van der Waals surface area contributed by atoms with Crippen LogP contribution < -0.4 is 10.5 Å². The Labute approximate surface area is 126 Å². The van der Waals surface area contributed by atoms with E-state index in [2.05, 4.69) is 4.74 Å². The Morgan fingerprint density at radius 1 is 1.33 bits per heavy atom. The summed E-state index contributed by atoms with van der Waals surface area (Å²) in [6.45, 7) is 0.118. The van der Waals surface area contributed by atoms with Crippen molar-refractivity contribution in [2.24, 2.45) is 0 Å². The van der Waals surface area contributed by atoms with E-state index in [-0.39, 0.29) is 22.9 Å². The van der Waals surface area contributed by atoms with Crippen molar-refractivity contribution in [2.45, 2.75) is 6.61 Å². The predicted octanol–water partition coefficient (Wildman–Crippen LogP) is 3.43. The van der Waals surface area contributed by atoms with Crippen LogP contribution in [0.4, 0.5) is 10.1 Å². The van der Waals surface area contributed by atoms with Crippen molar-refractivity contribution in [3.8, 4) is 5.75 Å². The van der Waals surface area contributed by atoms with Crippen molar-refractivity contribution >= 4 is 23.3 Å². The van der Waals surface area contributed by atoms with Crippen LogP contribution in [0.25, 0.3) is 0 Å². The molecular formula is C15H13ClFNO3. The van der Waals surface area contributed by atoms with Crippen LogP contribution in [0.2, 0.25) is 5.02 Å². The van der Waals surface area contributed by atoms with Gasteiger partial charge < -0.3 is 15.2 Å². The normalized spacial score (nSPS) is 10.2. The van der Waals surface area contributed by atoms with Gasteiger partial charge in [-0.2, -0.15) is 0 Å². The van der Waals surface area contributed by atoms with E-state index in [1.54, 1.807) is 24.3 Å². The number of esters is 1. The lowest BCUT2D eigenvalue weighted by atomic mass is 10.1. The third-order valence-corrected chi connectivity index (χ3v) is 3.12. The summed E-state index contributed by atoms with van der Waals surface area (Å²) < 4.78 is 23.3. The Morgan fingerprint density at radius 2 is 2.10 bits per heavy atom. The number of methoxy groups -OCH3 is 1. The fraction of sp³-hybridized carbons (Fsp3) is 0.133. The third-order valence-electron chi connectivity index (χ3n) is 2.83. The molecule has 0 spiro atoms. The molecule has 0 aromatic heterocycles. The van der Waals surface area contributed by atoms with E-state index in [0.717, 1.165) is 0 Å². The first kappa shape index (κ1) is 15.1. The van der Waals surface area contributed by atoms with Crippen molar-refractivity contribution < 1.29 is 18.7 Å². The summed E-state index contributed by atoms with van der Waals surface area (Å²) in [5.74, 6) is -0.790. The average Bonchev–Trinajstić information content (AvgIpc) is 2.48. The summed E-state index contributed by atoms with van der Waals surface area (Å²) in [4.78, 5) is 11.7. The molecule has 0 heterocycles. The van der Waals surface area contributed by atoms with E-state index < -0.39 is 11.8 Å². The first-order chi connectivity index (χ1) is 10.0. The molecule has 2 aromatic rings. The number of nitrogen functional groups attached to an aromatic ring is 1. The standard InChI is InChI=1S/C15H13ClFNO3/c1-20-15(19)14-12(18)3-2-4-13(14)21-8-9-5-6-11(17)10(16)7-9/h2-7H,8,18H2,1H3. The number of rotatable bonds is 4. The van der Waals surface area contributed by atoms with Gasteiger partial charge in [0.2, 0.25) is 0 Å². The van der Waals surface area contributed by atoms with Crippen molar-refractivity contribution in [1.29, 1.82) is 0 Å². The zero-order chi connectivity index (χ0) is 15.4. The maximum absolute atomic E-state index is 13.1.